The molecule has 1 aliphatic heterocycles. The van der Waals surface area contributed by atoms with Gasteiger partial charge in [0.15, 0.2) is 5.78 Å². The predicted octanol–water partition coefficient (Wildman–Crippen LogP) is 1.42. The maximum Gasteiger partial charge on any atom is 0.155 e. The summed E-state index contributed by atoms with van der Waals surface area (Å²) >= 11 is 3.53. The monoisotopic (exact) mass is 162 g/mol. The van der Waals surface area contributed by atoms with Gasteiger partial charge in [0.05, 0.1) is 11.0 Å². The number of rotatable bonds is 0. The number of carbonyl (C=O) groups is 1. The van der Waals surface area contributed by atoms with Crippen LogP contribution in [0.3, 0.4) is 0 Å². The molecule has 0 bridgehead atoms. The van der Waals surface area contributed by atoms with Crippen molar-refractivity contribution in [1.82, 2.24) is 0 Å². The lowest BCUT2D eigenvalue weighted by molar-refractivity contribution is -0.115. The van der Waals surface area contributed by atoms with Crippen LogP contribution < -0.4 is 0 Å². The van der Waals surface area contributed by atoms with Crippen molar-refractivity contribution < 1.29 is 4.79 Å². The van der Waals surface area contributed by atoms with Crippen molar-refractivity contribution in [2.24, 2.45) is 0 Å². The third-order valence-electron chi connectivity index (χ3n) is 1.29. The molecule has 1 aliphatic rings. The summed E-state index contributed by atoms with van der Waals surface area (Å²) in [5.41, 5.74) is 0. The highest BCUT2D eigenvalue weighted by molar-refractivity contribution is 8.05. The molecule has 1 nitrogen and oxygen atoms in total. The Morgan fingerprint density at radius 2 is 2.33 bits per heavy atom. The van der Waals surface area contributed by atoms with Gasteiger partial charge >= 0.3 is 0 Å². The van der Waals surface area contributed by atoms with Crippen molar-refractivity contribution in [3.63, 3.8) is 0 Å². The molecule has 0 aromatic carbocycles. The Kier molecular flexibility index (Phi) is 2.92. The van der Waals surface area contributed by atoms with Crippen molar-refractivity contribution in [2.45, 2.75) is 12.2 Å². The SMILES string of the molecule is CC1SCCSCC1=O. The molecule has 1 unspecified atom stereocenters. The van der Waals surface area contributed by atoms with Crippen molar-refractivity contribution in [2.75, 3.05) is 17.3 Å². The molecule has 0 amide bonds. The second-order valence-corrected chi connectivity index (χ2v) is 4.59. The lowest BCUT2D eigenvalue weighted by atomic mass is 10.3. The average molecular weight is 162 g/mol. The number of ketones is 1. The first-order chi connectivity index (χ1) is 4.30. The Balaban J connectivity index is 2.41. The van der Waals surface area contributed by atoms with E-state index in [0.29, 0.717) is 5.78 Å². The van der Waals surface area contributed by atoms with E-state index in [9.17, 15) is 4.79 Å². The van der Waals surface area contributed by atoms with Crippen molar-refractivity contribution >= 4 is 29.3 Å². The molecule has 1 rings (SSSR count). The van der Waals surface area contributed by atoms with Crippen LogP contribution in [0, 0.1) is 0 Å². The fourth-order valence-corrected chi connectivity index (χ4v) is 2.85. The van der Waals surface area contributed by atoms with Gasteiger partial charge in [-0.15, -0.1) is 0 Å². The van der Waals surface area contributed by atoms with E-state index in [0.717, 1.165) is 17.3 Å². The molecule has 1 heterocycles. The number of hydrogen-bond acceptors (Lipinski definition) is 3. The van der Waals surface area contributed by atoms with Crippen LogP contribution in [0.4, 0.5) is 0 Å². The number of thioether (sulfide) groups is 2. The average Bonchev–Trinajstić information content (AvgIpc) is 1.99. The summed E-state index contributed by atoms with van der Waals surface area (Å²) in [6.45, 7) is 2.00. The zero-order valence-corrected chi connectivity index (χ0v) is 7.06. The lowest BCUT2D eigenvalue weighted by Gasteiger charge is -2.01. The lowest BCUT2D eigenvalue weighted by Crippen LogP contribution is -2.13. The second kappa shape index (κ2) is 3.52. The quantitative estimate of drug-likeness (QED) is 0.536. The number of Topliss-reactive ketones (excluding diaryl/α,β-unsaturated/α-hetero) is 1. The summed E-state index contributed by atoms with van der Waals surface area (Å²) < 4.78 is 0. The van der Waals surface area contributed by atoms with Gasteiger partial charge in [-0.05, 0) is 6.92 Å². The van der Waals surface area contributed by atoms with Crippen molar-refractivity contribution in [3.8, 4) is 0 Å². The molecule has 0 aromatic heterocycles. The minimum Gasteiger partial charge on any atom is -0.298 e. The molecule has 0 aromatic rings. The Hall–Kier alpha value is 0.370. The molecule has 1 fully saturated rings. The third kappa shape index (κ3) is 2.22. The maximum atomic E-state index is 11.0. The smallest absolute Gasteiger partial charge is 0.155 e. The molecule has 3 heteroatoms. The van der Waals surface area contributed by atoms with Gasteiger partial charge < -0.3 is 0 Å². The molecule has 1 saturated heterocycles. The van der Waals surface area contributed by atoms with Gasteiger partial charge in [0, 0.05) is 11.5 Å². The van der Waals surface area contributed by atoms with Gasteiger partial charge in [0.2, 0.25) is 0 Å². The second-order valence-electron chi connectivity index (χ2n) is 2.03. The van der Waals surface area contributed by atoms with Crippen LogP contribution in [-0.4, -0.2) is 28.3 Å². The van der Waals surface area contributed by atoms with E-state index in [4.69, 9.17) is 0 Å². The van der Waals surface area contributed by atoms with Crippen molar-refractivity contribution in [3.05, 3.63) is 0 Å². The molecule has 9 heavy (non-hydrogen) atoms. The van der Waals surface area contributed by atoms with Crippen LogP contribution in [0.2, 0.25) is 0 Å². The van der Waals surface area contributed by atoms with Gasteiger partial charge in [-0.1, -0.05) is 0 Å². The van der Waals surface area contributed by atoms with E-state index in [1.165, 1.54) is 0 Å². The normalized spacial score (nSPS) is 29.9. The minimum absolute atomic E-state index is 0.250. The van der Waals surface area contributed by atoms with Crippen molar-refractivity contribution in [1.29, 1.82) is 0 Å². The molecular formula is C6H10OS2. The zero-order valence-electron chi connectivity index (χ0n) is 5.42. The van der Waals surface area contributed by atoms with Gasteiger partial charge in [0.1, 0.15) is 0 Å². The summed E-state index contributed by atoms with van der Waals surface area (Å²) in [6.07, 6.45) is 0. The Morgan fingerprint density at radius 3 is 3.11 bits per heavy atom. The highest BCUT2D eigenvalue weighted by Gasteiger charge is 2.15. The Bertz CT molecular complexity index is 114. The Labute approximate surface area is 64.0 Å². The van der Waals surface area contributed by atoms with Gasteiger partial charge in [-0.3, -0.25) is 4.79 Å². The van der Waals surface area contributed by atoms with E-state index >= 15 is 0 Å². The van der Waals surface area contributed by atoms with Crippen LogP contribution in [0.5, 0.6) is 0 Å². The van der Waals surface area contributed by atoms with Crippen LogP contribution in [0.25, 0.3) is 0 Å². The van der Waals surface area contributed by atoms with Crippen LogP contribution >= 0.6 is 23.5 Å². The first kappa shape index (κ1) is 7.48. The molecule has 1 atom stereocenters. The predicted molar refractivity (Wildman–Crippen MR) is 44.3 cm³/mol. The van der Waals surface area contributed by atoms with E-state index in [2.05, 4.69) is 0 Å². The maximum absolute atomic E-state index is 11.0. The van der Waals surface area contributed by atoms with Crippen LogP contribution in [0.15, 0.2) is 0 Å². The highest BCUT2D eigenvalue weighted by atomic mass is 32.2. The fourth-order valence-electron chi connectivity index (χ4n) is 0.667. The van der Waals surface area contributed by atoms with Gasteiger partial charge in [-0.25, -0.2) is 0 Å². The molecular weight excluding hydrogens is 152 g/mol. The fraction of sp³-hybridized carbons (Fsp3) is 0.833. The molecule has 0 N–H and O–H groups in total. The summed E-state index contributed by atoms with van der Waals surface area (Å²) in [6, 6.07) is 0. The summed E-state index contributed by atoms with van der Waals surface area (Å²) in [4.78, 5) is 11.0. The van der Waals surface area contributed by atoms with E-state index in [1.54, 1.807) is 23.5 Å². The molecule has 0 aliphatic carbocycles. The molecule has 52 valence electrons. The summed E-state index contributed by atoms with van der Waals surface area (Å²) in [5.74, 6) is 3.41. The molecule has 0 saturated carbocycles. The third-order valence-corrected chi connectivity index (χ3v) is 3.74. The van der Waals surface area contributed by atoms with Crippen LogP contribution in [-0.2, 0) is 4.79 Å². The van der Waals surface area contributed by atoms with Gasteiger partial charge in [-0.2, -0.15) is 23.5 Å². The standard InChI is InChI=1S/C6H10OS2/c1-5-6(7)4-8-2-3-9-5/h5H,2-4H2,1H3. The number of hydrogen-bond donors (Lipinski definition) is 0. The topological polar surface area (TPSA) is 17.1 Å². The van der Waals surface area contributed by atoms with E-state index < -0.39 is 0 Å². The van der Waals surface area contributed by atoms with Gasteiger partial charge in [0.25, 0.3) is 0 Å². The largest absolute Gasteiger partial charge is 0.298 e. The first-order valence-corrected chi connectivity index (χ1v) is 5.23. The summed E-state index contributed by atoms with van der Waals surface area (Å²) in [5, 5.41) is 0.250. The summed E-state index contributed by atoms with van der Waals surface area (Å²) in [7, 11) is 0. The highest BCUT2D eigenvalue weighted by Crippen LogP contribution is 2.19. The first-order valence-electron chi connectivity index (χ1n) is 3.03. The van der Waals surface area contributed by atoms with Crippen LogP contribution in [0.1, 0.15) is 6.92 Å². The number of carbonyl (C=O) groups excluding carboxylic acids is 1. The Morgan fingerprint density at radius 1 is 1.56 bits per heavy atom. The molecule has 0 spiro atoms. The van der Waals surface area contributed by atoms with E-state index in [1.807, 2.05) is 6.92 Å². The minimum atomic E-state index is 0.250. The molecule has 0 radical (unpaired) electrons. The van der Waals surface area contributed by atoms with E-state index in [-0.39, 0.29) is 5.25 Å². The zero-order chi connectivity index (χ0) is 6.69.